The van der Waals surface area contributed by atoms with Crippen molar-refractivity contribution in [2.75, 3.05) is 33.3 Å². The van der Waals surface area contributed by atoms with Crippen LogP contribution < -0.4 is 5.32 Å². The van der Waals surface area contributed by atoms with Crippen LogP contribution in [0.2, 0.25) is 5.02 Å². The molecule has 0 atom stereocenters. The molecule has 1 aliphatic heterocycles. The van der Waals surface area contributed by atoms with Gasteiger partial charge < -0.3 is 15.0 Å². The maximum absolute atomic E-state index is 11.9. The fourth-order valence-electron chi connectivity index (χ4n) is 3.69. The molecule has 1 N–H and O–H groups in total. The number of piperidine rings is 1. The topological polar surface area (TPSA) is 53.9 Å². The molecule has 1 aromatic carbocycles. The number of esters is 1. The van der Waals surface area contributed by atoms with E-state index in [0.29, 0.717) is 6.61 Å². The molecule has 1 saturated heterocycles. The van der Waals surface area contributed by atoms with E-state index in [1.807, 2.05) is 26.1 Å². The van der Waals surface area contributed by atoms with Gasteiger partial charge >= 0.3 is 5.97 Å². The molecular weight excluding hydrogens is 350 g/mol. The average molecular weight is 378 g/mol. The Morgan fingerprint density at radius 3 is 2.50 bits per heavy atom. The summed E-state index contributed by atoms with van der Waals surface area (Å²) in [6.07, 6.45) is 4.01. The van der Waals surface area contributed by atoms with E-state index >= 15 is 0 Å². The Labute approximate surface area is 160 Å². The normalized spacial score (nSPS) is 20.0. The number of ether oxygens (including phenoxy) is 1. The van der Waals surface area contributed by atoms with Gasteiger partial charge in [0.25, 0.3) is 0 Å². The van der Waals surface area contributed by atoms with Gasteiger partial charge in [0.15, 0.2) is 5.96 Å². The van der Waals surface area contributed by atoms with Crippen molar-refractivity contribution in [2.45, 2.75) is 38.0 Å². The number of carbonyl (C=O) groups is 1. The fourth-order valence-corrected chi connectivity index (χ4v) is 3.82. The number of halogens is 1. The Balaban J connectivity index is 1.53. The molecule has 2 fully saturated rings. The van der Waals surface area contributed by atoms with Crippen LogP contribution in [0.4, 0.5) is 0 Å². The number of benzene rings is 1. The minimum absolute atomic E-state index is 0.0214. The second-order valence-electron chi connectivity index (χ2n) is 7.20. The van der Waals surface area contributed by atoms with E-state index in [1.54, 1.807) is 0 Å². The van der Waals surface area contributed by atoms with E-state index in [9.17, 15) is 4.79 Å². The number of guanidine groups is 1. The van der Waals surface area contributed by atoms with E-state index in [-0.39, 0.29) is 17.3 Å². The van der Waals surface area contributed by atoms with Crippen LogP contribution in [0, 0.1) is 5.92 Å². The Hall–Kier alpha value is -1.75. The molecule has 0 unspecified atom stereocenters. The van der Waals surface area contributed by atoms with E-state index in [2.05, 4.69) is 27.3 Å². The van der Waals surface area contributed by atoms with Crippen LogP contribution in [0.25, 0.3) is 0 Å². The lowest BCUT2D eigenvalue weighted by atomic mass is 9.96. The molecular formula is C20H28ClN3O2. The van der Waals surface area contributed by atoms with Crippen LogP contribution in [0.1, 0.15) is 38.2 Å². The quantitative estimate of drug-likeness (QED) is 0.486. The molecule has 1 saturated carbocycles. The van der Waals surface area contributed by atoms with Crippen LogP contribution in [0.5, 0.6) is 0 Å². The summed E-state index contributed by atoms with van der Waals surface area (Å²) in [6, 6.07) is 8.19. The van der Waals surface area contributed by atoms with Gasteiger partial charge in [0.05, 0.1) is 12.5 Å². The Kier molecular flexibility index (Phi) is 6.07. The molecule has 0 aromatic heterocycles. The lowest BCUT2D eigenvalue weighted by Crippen LogP contribution is -2.48. The predicted molar refractivity (Wildman–Crippen MR) is 105 cm³/mol. The molecule has 5 nitrogen and oxygen atoms in total. The molecule has 6 heteroatoms. The third kappa shape index (κ3) is 4.32. The van der Waals surface area contributed by atoms with Gasteiger partial charge in [-0.15, -0.1) is 0 Å². The van der Waals surface area contributed by atoms with Crippen molar-refractivity contribution in [3.05, 3.63) is 34.9 Å². The lowest BCUT2D eigenvalue weighted by Gasteiger charge is -2.34. The first-order valence-corrected chi connectivity index (χ1v) is 9.84. The van der Waals surface area contributed by atoms with E-state index < -0.39 is 0 Å². The Bertz CT molecular complexity index is 648. The van der Waals surface area contributed by atoms with Crippen molar-refractivity contribution in [3.63, 3.8) is 0 Å². The van der Waals surface area contributed by atoms with Crippen LogP contribution in [-0.2, 0) is 14.9 Å². The van der Waals surface area contributed by atoms with Crippen LogP contribution in [0.15, 0.2) is 29.3 Å². The minimum Gasteiger partial charge on any atom is -0.466 e. The highest BCUT2D eigenvalue weighted by Crippen LogP contribution is 2.47. The number of nitrogens with one attached hydrogen (secondary N) is 1. The summed E-state index contributed by atoms with van der Waals surface area (Å²) in [5, 5.41) is 4.33. The maximum Gasteiger partial charge on any atom is 0.309 e. The molecule has 0 spiro atoms. The molecule has 1 heterocycles. The first-order valence-electron chi connectivity index (χ1n) is 9.46. The SMILES string of the molecule is CCOC(=O)C1CCN(C(=NC)NCC2(c3ccc(Cl)cc3)CC2)CC1. The Morgan fingerprint density at radius 1 is 1.31 bits per heavy atom. The number of likely N-dealkylation sites (tertiary alicyclic amines) is 1. The summed E-state index contributed by atoms with van der Waals surface area (Å²) in [5.74, 6) is 0.885. The zero-order valence-corrected chi connectivity index (χ0v) is 16.4. The Morgan fingerprint density at radius 2 is 1.96 bits per heavy atom. The van der Waals surface area contributed by atoms with Gasteiger partial charge in [-0.25, -0.2) is 0 Å². The van der Waals surface area contributed by atoms with Crippen molar-refractivity contribution in [1.29, 1.82) is 0 Å². The number of rotatable bonds is 5. The second-order valence-corrected chi connectivity index (χ2v) is 7.64. The highest BCUT2D eigenvalue weighted by atomic mass is 35.5. The number of hydrogen-bond acceptors (Lipinski definition) is 3. The van der Waals surface area contributed by atoms with Crippen LogP contribution in [0.3, 0.4) is 0 Å². The standard InChI is InChI=1S/C20H28ClN3O2/c1-3-26-18(25)15-8-12-24(13-9-15)19(22-2)23-14-20(10-11-20)16-4-6-17(21)7-5-16/h4-7,15H,3,8-14H2,1-2H3,(H,22,23). The summed E-state index contributed by atoms with van der Waals surface area (Å²) in [5.41, 5.74) is 1.54. The van der Waals surface area contributed by atoms with Crippen LogP contribution in [-0.4, -0.2) is 50.1 Å². The molecule has 3 rings (SSSR count). The zero-order chi connectivity index (χ0) is 18.6. The van der Waals surface area contributed by atoms with E-state index in [0.717, 1.165) is 43.5 Å². The fraction of sp³-hybridized carbons (Fsp3) is 0.600. The molecule has 142 valence electrons. The van der Waals surface area contributed by atoms with Crippen molar-refractivity contribution in [1.82, 2.24) is 10.2 Å². The molecule has 1 aromatic rings. The second kappa shape index (κ2) is 8.30. The summed E-state index contributed by atoms with van der Waals surface area (Å²) >= 11 is 6.01. The van der Waals surface area contributed by atoms with Crippen molar-refractivity contribution < 1.29 is 9.53 Å². The van der Waals surface area contributed by atoms with Gasteiger partial charge in [-0.2, -0.15) is 0 Å². The van der Waals surface area contributed by atoms with Crippen molar-refractivity contribution in [3.8, 4) is 0 Å². The van der Waals surface area contributed by atoms with Gasteiger partial charge in [0, 0.05) is 37.1 Å². The average Bonchev–Trinajstić information content (AvgIpc) is 3.44. The number of carbonyl (C=O) groups excluding carboxylic acids is 1. The van der Waals surface area contributed by atoms with Gasteiger partial charge in [-0.3, -0.25) is 9.79 Å². The molecule has 0 bridgehead atoms. The lowest BCUT2D eigenvalue weighted by molar-refractivity contribution is -0.149. The number of aliphatic imine (C=N–C) groups is 1. The van der Waals surface area contributed by atoms with Gasteiger partial charge in [0.1, 0.15) is 0 Å². The first kappa shape index (κ1) is 19.0. The molecule has 2 aliphatic rings. The highest BCUT2D eigenvalue weighted by Gasteiger charge is 2.44. The molecule has 0 amide bonds. The minimum atomic E-state index is -0.0604. The summed E-state index contributed by atoms with van der Waals surface area (Å²) in [6.45, 7) is 4.84. The molecule has 26 heavy (non-hydrogen) atoms. The number of hydrogen-bond donors (Lipinski definition) is 1. The predicted octanol–water partition coefficient (Wildman–Crippen LogP) is 3.22. The molecule has 1 aliphatic carbocycles. The van der Waals surface area contributed by atoms with Crippen LogP contribution >= 0.6 is 11.6 Å². The van der Waals surface area contributed by atoms with Crippen molar-refractivity contribution >= 4 is 23.5 Å². The highest BCUT2D eigenvalue weighted by molar-refractivity contribution is 6.30. The smallest absolute Gasteiger partial charge is 0.309 e. The third-order valence-electron chi connectivity index (χ3n) is 5.52. The number of nitrogens with zero attached hydrogens (tertiary/aromatic N) is 2. The van der Waals surface area contributed by atoms with E-state index in [1.165, 1.54) is 18.4 Å². The monoisotopic (exact) mass is 377 g/mol. The molecule has 0 radical (unpaired) electrons. The third-order valence-corrected chi connectivity index (χ3v) is 5.77. The summed E-state index contributed by atoms with van der Waals surface area (Å²) in [4.78, 5) is 18.6. The van der Waals surface area contributed by atoms with Gasteiger partial charge in [-0.05, 0) is 50.3 Å². The largest absolute Gasteiger partial charge is 0.466 e. The summed E-state index contributed by atoms with van der Waals surface area (Å²) < 4.78 is 5.15. The first-order chi connectivity index (χ1) is 12.6. The summed E-state index contributed by atoms with van der Waals surface area (Å²) in [7, 11) is 1.82. The van der Waals surface area contributed by atoms with Gasteiger partial charge in [-0.1, -0.05) is 23.7 Å². The van der Waals surface area contributed by atoms with Crippen molar-refractivity contribution in [2.24, 2.45) is 10.9 Å². The maximum atomic E-state index is 11.9. The van der Waals surface area contributed by atoms with Gasteiger partial charge in [0.2, 0.25) is 0 Å². The zero-order valence-electron chi connectivity index (χ0n) is 15.6. The van der Waals surface area contributed by atoms with E-state index in [4.69, 9.17) is 16.3 Å².